The number of fused-ring (bicyclic) bond motifs is 2. The number of benzene rings is 2. The predicted octanol–water partition coefficient (Wildman–Crippen LogP) is 4.98. The van der Waals surface area contributed by atoms with Crippen LogP contribution >= 0.6 is 0 Å². The van der Waals surface area contributed by atoms with E-state index in [2.05, 4.69) is 20.3 Å². The summed E-state index contributed by atoms with van der Waals surface area (Å²) in [7, 11) is 5.94. The normalized spacial score (nSPS) is 14.7. The molecule has 10 nitrogen and oxygen atoms in total. The zero-order valence-corrected chi connectivity index (χ0v) is 22.9. The van der Waals surface area contributed by atoms with E-state index in [-0.39, 0.29) is 5.91 Å². The summed E-state index contributed by atoms with van der Waals surface area (Å²) >= 11 is 0. The number of aryl methyl sites for hydroxylation is 2. The molecule has 1 saturated heterocycles. The zero-order chi connectivity index (χ0) is 27.8. The van der Waals surface area contributed by atoms with Crippen LogP contribution in [0.3, 0.4) is 0 Å². The minimum Gasteiger partial charge on any atom is -0.457 e. The lowest BCUT2D eigenvalue weighted by molar-refractivity contribution is -0.114. The van der Waals surface area contributed by atoms with Crippen LogP contribution in [0, 0.1) is 6.92 Å². The third-order valence-corrected chi connectivity index (χ3v) is 6.93. The van der Waals surface area contributed by atoms with Gasteiger partial charge in [0.2, 0.25) is 0 Å². The number of carbonyl (C=O) groups is 1. The van der Waals surface area contributed by atoms with Gasteiger partial charge in [0.25, 0.3) is 5.91 Å². The van der Waals surface area contributed by atoms with E-state index < -0.39 is 0 Å². The summed E-state index contributed by atoms with van der Waals surface area (Å²) in [6.07, 6.45) is 5.99. The van der Waals surface area contributed by atoms with Crippen molar-refractivity contribution in [3.8, 4) is 11.5 Å². The van der Waals surface area contributed by atoms with Crippen molar-refractivity contribution in [3.63, 3.8) is 0 Å². The highest BCUT2D eigenvalue weighted by atomic mass is 16.5. The second kappa shape index (κ2) is 10.4. The van der Waals surface area contributed by atoms with Crippen LogP contribution < -0.4 is 15.0 Å². The number of imidazole rings is 1. The van der Waals surface area contributed by atoms with Gasteiger partial charge in [-0.1, -0.05) is 6.08 Å². The van der Waals surface area contributed by atoms with E-state index in [0.717, 1.165) is 45.9 Å². The standard InChI is InChI=1S/C30H30N8O2/c1-19-15-21(5-9-26(19)40-22-6-8-25-24(16-22)33-18-37(25)4)34-29-28-23(31-17-32-29)7-10-27(35-28)38-14-12-20(30(38)39)11-13-36(2)3/h5-11,15-18H,12-14H2,1-4H3,(H,31,32,34)/b20-11+. The number of ether oxygens (including phenoxy) is 1. The molecule has 0 aliphatic carbocycles. The first kappa shape index (κ1) is 25.4. The summed E-state index contributed by atoms with van der Waals surface area (Å²) in [5.74, 6) is 2.63. The molecule has 6 rings (SSSR count). The molecule has 40 heavy (non-hydrogen) atoms. The summed E-state index contributed by atoms with van der Waals surface area (Å²) in [6, 6.07) is 15.4. The molecule has 1 fully saturated rings. The van der Waals surface area contributed by atoms with E-state index in [9.17, 15) is 4.79 Å². The summed E-state index contributed by atoms with van der Waals surface area (Å²) in [5.41, 5.74) is 5.83. The highest BCUT2D eigenvalue weighted by molar-refractivity contribution is 6.08. The van der Waals surface area contributed by atoms with E-state index in [1.54, 1.807) is 11.2 Å². The molecule has 1 aliphatic rings. The van der Waals surface area contributed by atoms with Crippen molar-refractivity contribution in [1.82, 2.24) is 29.4 Å². The largest absolute Gasteiger partial charge is 0.457 e. The van der Waals surface area contributed by atoms with Crippen molar-refractivity contribution >= 4 is 45.3 Å². The molecule has 202 valence electrons. The molecule has 2 aromatic carbocycles. The summed E-state index contributed by atoms with van der Waals surface area (Å²) in [5, 5.41) is 3.37. The number of carbonyl (C=O) groups excluding carboxylic acids is 1. The Morgan fingerprint density at radius 2 is 1.93 bits per heavy atom. The van der Waals surface area contributed by atoms with E-state index >= 15 is 0 Å². The number of amides is 1. The fraction of sp³-hybridized carbons (Fsp3) is 0.233. The van der Waals surface area contributed by atoms with Crippen molar-refractivity contribution in [2.45, 2.75) is 13.3 Å². The highest BCUT2D eigenvalue weighted by Gasteiger charge is 2.28. The number of likely N-dealkylation sites (N-methyl/N-ethyl adjacent to an activating group) is 1. The molecule has 10 heteroatoms. The Balaban J connectivity index is 1.23. The van der Waals surface area contributed by atoms with E-state index in [4.69, 9.17) is 9.72 Å². The molecule has 3 aromatic heterocycles. The minimum absolute atomic E-state index is 0.00605. The Morgan fingerprint density at radius 3 is 2.75 bits per heavy atom. The van der Waals surface area contributed by atoms with E-state index in [1.165, 1.54) is 6.33 Å². The number of hydrogen-bond donors (Lipinski definition) is 1. The molecule has 0 spiro atoms. The van der Waals surface area contributed by atoms with Gasteiger partial charge < -0.3 is 19.5 Å². The fourth-order valence-electron chi connectivity index (χ4n) is 4.77. The van der Waals surface area contributed by atoms with Gasteiger partial charge in [-0.15, -0.1) is 0 Å². The highest BCUT2D eigenvalue weighted by Crippen LogP contribution is 2.32. The van der Waals surface area contributed by atoms with Gasteiger partial charge in [0, 0.05) is 37.5 Å². The van der Waals surface area contributed by atoms with Crippen LogP contribution in [0.25, 0.3) is 22.1 Å². The second-order valence-electron chi connectivity index (χ2n) is 10.2. The number of hydrogen-bond acceptors (Lipinski definition) is 8. The van der Waals surface area contributed by atoms with Crippen LogP contribution in [-0.4, -0.2) is 62.5 Å². The number of nitrogens with one attached hydrogen (secondary N) is 1. The molecule has 0 atom stereocenters. The average Bonchev–Trinajstić information content (AvgIpc) is 3.50. The first-order valence-corrected chi connectivity index (χ1v) is 13.1. The first-order chi connectivity index (χ1) is 19.4. The summed E-state index contributed by atoms with van der Waals surface area (Å²) in [6.45, 7) is 3.32. The Morgan fingerprint density at radius 1 is 1.05 bits per heavy atom. The molecule has 1 N–H and O–H groups in total. The Kier molecular flexibility index (Phi) is 6.61. The average molecular weight is 535 g/mol. The predicted molar refractivity (Wildman–Crippen MR) is 156 cm³/mol. The molecular formula is C30H30N8O2. The number of pyridine rings is 1. The minimum atomic E-state index is -0.00605. The Hall–Kier alpha value is -4.83. The van der Waals surface area contributed by atoms with Gasteiger partial charge in [-0.05, 0) is 75.5 Å². The van der Waals surface area contributed by atoms with Crippen LogP contribution in [-0.2, 0) is 11.8 Å². The van der Waals surface area contributed by atoms with Crippen molar-refractivity contribution in [2.75, 3.05) is 37.4 Å². The monoisotopic (exact) mass is 534 g/mol. The zero-order valence-electron chi connectivity index (χ0n) is 22.9. The smallest absolute Gasteiger partial charge is 0.255 e. The Labute approximate surface area is 232 Å². The molecule has 1 amide bonds. The van der Waals surface area contributed by atoms with Crippen LogP contribution in [0.1, 0.15) is 12.0 Å². The fourth-order valence-corrected chi connectivity index (χ4v) is 4.77. The molecule has 0 saturated carbocycles. The molecule has 1 aliphatic heterocycles. The maximum atomic E-state index is 13.0. The summed E-state index contributed by atoms with van der Waals surface area (Å²) in [4.78, 5) is 34.8. The summed E-state index contributed by atoms with van der Waals surface area (Å²) < 4.78 is 8.14. The van der Waals surface area contributed by atoms with Gasteiger partial charge >= 0.3 is 0 Å². The van der Waals surface area contributed by atoms with Crippen LogP contribution in [0.15, 0.2) is 72.8 Å². The molecule has 4 heterocycles. The van der Waals surface area contributed by atoms with Gasteiger partial charge in [-0.3, -0.25) is 9.69 Å². The lowest BCUT2D eigenvalue weighted by Crippen LogP contribution is -2.25. The van der Waals surface area contributed by atoms with Crippen LogP contribution in [0.5, 0.6) is 11.5 Å². The van der Waals surface area contributed by atoms with Gasteiger partial charge in [-0.25, -0.2) is 19.9 Å². The Bertz CT molecular complexity index is 1780. The molecule has 0 radical (unpaired) electrons. The topological polar surface area (TPSA) is 101 Å². The number of rotatable bonds is 7. The van der Waals surface area contributed by atoms with Crippen LogP contribution in [0.2, 0.25) is 0 Å². The third-order valence-electron chi connectivity index (χ3n) is 6.93. The van der Waals surface area contributed by atoms with Crippen molar-refractivity contribution in [1.29, 1.82) is 0 Å². The first-order valence-electron chi connectivity index (χ1n) is 13.1. The van der Waals surface area contributed by atoms with Gasteiger partial charge in [0.15, 0.2) is 5.82 Å². The van der Waals surface area contributed by atoms with Crippen LogP contribution in [0.4, 0.5) is 17.3 Å². The van der Waals surface area contributed by atoms with Crippen molar-refractivity contribution in [2.24, 2.45) is 7.05 Å². The van der Waals surface area contributed by atoms with E-state index in [0.29, 0.717) is 35.6 Å². The van der Waals surface area contributed by atoms with Gasteiger partial charge in [0.05, 0.1) is 22.9 Å². The van der Waals surface area contributed by atoms with Crippen molar-refractivity contribution in [3.05, 3.63) is 78.4 Å². The number of aromatic nitrogens is 5. The SMILES string of the molecule is Cc1cc(Nc2ncnc3ccc(N4CC/C(=C\CN(C)C)C4=O)nc23)ccc1Oc1ccc2c(c1)ncn2C. The second-order valence-corrected chi connectivity index (χ2v) is 10.2. The number of anilines is 3. The molecule has 0 unspecified atom stereocenters. The molecular weight excluding hydrogens is 504 g/mol. The maximum Gasteiger partial charge on any atom is 0.255 e. The van der Waals surface area contributed by atoms with Gasteiger partial charge in [-0.2, -0.15) is 0 Å². The van der Waals surface area contributed by atoms with E-state index in [1.807, 2.05) is 92.1 Å². The molecule has 5 aromatic rings. The molecule has 0 bridgehead atoms. The van der Waals surface area contributed by atoms with Gasteiger partial charge in [0.1, 0.15) is 29.2 Å². The maximum absolute atomic E-state index is 13.0. The number of nitrogens with zero attached hydrogens (tertiary/aromatic N) is 7. The quantitative estimate of drug-likeness (QED) is 0.292. The lowest BCUT2D eigenvalue weighted by Gasteiger charge is -2.16. The lowest BCUT2D eigenvalue weighted by atomic mass is 10.2. The van der Waals surface area contributed by atoms with Crippen molar-refractivity contribution < 1.29 is 9.53 Å². The third kappa shape index (κ3) is 4.96.